The van der Waals surface area contributed by atoms with Crippen LogP contribution in [0.2, 0.25) is 0 Å². The summed E-state index contributed by atoms with van der Waals surface area (Å²) >= 11 is 0. The molecule has 3 heterocycles. The van der Waals surface area contributed by atoms with Gasteiger partial charge in [0.1, 0.15) is 11.6 Å². The van der Waals surface area contributed by atoms with Crippen molar-refractivity contribution in [3.05, 3.63) is 82.4 Å². The van der Waals surface area contributed by atoms with Crippen LogP contribution >= 0.6 is 0 Å². The Morgan fingerprint density at radius 2 is 1.79 bits per heavy atom. The number of nitrogens with two attached hydrogens (primary N) is 1. The zero-order chi connectivity index (χ0) is 23.5. The van der Waals surface area contributed by atoms with E-state index in [1.165, 1.54) is 4.57 Å². The smallest absolute Gasteiger partial charge is 0.327 e. The lowest BCUT2D eigenvalue weighted by molar-refractivity contribution is 0.407. The first-order valence-electron chi connectivity index (χ1n) is 10.4. The molecular weight excluding hydrogens is 428 g/mol. The van der Waals surface area contributed by atoms with Crippen LogP contribution in [0.1, 0.15) is 18.3 Å². The van der Waals surface area contributed by atoms with Crippen LogP contribution in [0.25, 0.3) is 28.1 Å². The van der Waals surface area contributed by atoms with Gasteiger partial charge in [0, 0.05) is 48.6 Å². The zero-order valence-electron chi connectivity index (χ0n) is 18.2. The molecule has 0 aliphatic carbocycles. The zero-order valence-corrected chi connectivity index (χ0v) is 18.2. The number of aromatic nitrogens is 6. The van der Waals surface area contributed by atoms with Gasteiger partial charge >= 0.3 is 5.69 Å². The lowest BCUT2D eigenvalue weighted by Gasteiger charge is -2.11. The Balaban J connectivity index is 1.64. The fourth-order valence-electron chi connectivity index (χ4n) is 3.57. The highest BCUT2D eigenvalue weighted by molar-refractivity contribution is 5.70. The largest absolute Gasteiger partial charge is 0.349 e. The minimum Gasteiger partial charge on any atom is -0.327 e. The first kappa shape index (κ1) is 22.3. The number of H-pyrrole nitrogens is 1. The van der Waals surface area contributed by atoms with Gasteiger partial charge in [-0.1, -0.05) is 24.3 Å². The van der Waals surface area contributed by atoms with Crippen LogP contribution in [0.3, 0.4) is 0 Å². The molecule has 0 aliphatic rings. The van der Waals surface area contributed by atoms with Crippen LogP contribution in [0.5, 0.6) is 0 Å². The lowest BCUT2D eigenvalue weighted by Crippen LogP contribution is -2.20. The molecule has 0 aliphatic heterocycles. The van der Waals surface area contributed by atoms with E-state index in [4.69, 9.17) is 5.73 Å². The van der Waals surface area contributed by atoms with Gasteiger partial charge in [0.05, 0.1) is 6.20 Å². The number of pyridine rings is 1. The van der Waals surface area contributed by atoms with Crippen molar-refractivity contribution in [3.63, 3.8) is 0 Å². The predicted octanol–water partition coefficient (Wildman–Crippen LogP) is 3.47. The average Bonchev–Trinajstić information content (AvgIpc) is 3.44. The lowest BCUT2D eigenvalue weighted by atomic mass is 10.0. The maximum Gasteiger partial charge on any atom is 0.349 e. The quantitative estimate of drug-likeness (QED) is 0.447. The van der Waals surface area contributed by atoms with Gasteiger partial charge in [-0.05, 0) is 36.6 Å². The molecule has 4 aromatic rings. The monoisotopic (exact) mass is 451 g/mol. The summed E-state index contributed by atoms with van der Waals surface area (Å²) in [7, 11) is 0. The van der Waals surface area contributed by atoms with Gasteiger partial charge in [0.2, 0.25) is 0 Å². The number of rotatable bonds is 7. The predicted molar refractivity (Wildman–Crippen MR) is 121 cm³/mol. The van der Waals surface area contributed by atoms with Crippen LogP contribution in [0, 0.1) is 6.92 Å². The normalized spacial score (nSPS) is 11.1. The Labute approximate surface area is 188 Å². The van der Waals surface area contributed by atoms with Crippen molar-refractivity contribution in [2.24, 2.45) is 5.73 Å². The fraction of sp³-hybridized carbons (Fsp3) is 0.217. The van der Waals surface area contributed by atoms with Crippen molar-refractivity contribution >= 4 is 0 Å². The number of hydrogen-bond donors (Lipinski definition) is 2. The number of benzene rings is 1. The van der Waals surface area contributed by atoms with E-state index in [1.807, 2.05) is 54.3 Å². The molecule has 0 unspecified atom stereocenters. The molecule has 10 heteroatoms. The molecule has 0 atom stereocenters. The number of nitrogens with one attached hydrogen (secondary N) is 1. The van der Waals surface area contributed by atoms with Crippen molar-refractivity contribution in [2.75, 3.05) is 6.54 Å². The molecule has 0 saturated heterocycles. The molecule has 8 nitrogen and oxygen atoms in total. The Bertz CT molecular complexity index is 1360. The average molecular weight is 451 g/mol. The third kappa shape index (κ3) is 4.51. The highest BCUT2D eigenvalue weighted by Gasteiger charge is 2.17. The SMILES string of the molecule is CCn1cc(-c2ccc(-c3cnc(-n4c(CC(CN)=C(F)F)n[nH]c4=O)c(C)c3)cc2)cn1. The maximum atomic E-state index is 13.1. The molecule has 4 rings (SSSR count). The van der Waals surface area contributed by atoms with E-state index in [-0.39, 0.29) is 24.4 Å². The standard InChI is InChI=1S/C23H23F2N7O/c1-3-31-13-19(12-28-31)16-6-4-15(5-7-16)18-8-14(2)22(27-11-18)32-20(29-30-23(32)33)9-17(10-26)21(24)25/h4-8,11-13H,3,9-10,26H2,1-2H3,(H,30,33). The van der Waals surface area contributed by atoms with E-state index in [1.54, 1.807) is 13.1 Å². The van der Waals surface area contributed by atoms with E-state index in [0.29, 0.717) is 11.4 Å². The van der Waals surface area contributed by atoms with E-state index in [9.17, 15) is 13.6 Å². The summed E-state index contributed by atoms with van der Waals surface area (Å²) in [6.45, 7) is 4.32. The van der Waals surface area contributed by atoms with E-state index in [2.05, 4.69) is 20.3 Å². The maximum absolute atomic E-state index is 13.1. The van der Waals surface area contributed by atoms with E-state index >= 15 is 0 Å². The van der Waals surface area contributed by atoms with Crippen LogP contribution in [-0.4, -0.2) is 36.1 Å². The van der Waals surface area contributed by atoms with Gasteiger partial charge in [-0.15, -0.1) is 0 Å². The second-order valence-corrected chi connectivity index (χ2v) is 7.55. The van der Waals surface area contributed by atoms with Crippen molar-refractivity contribution < 1.29 is 8.78 Å². The summed E-state index contributed by atoms with van der Waals surface area (Å²) in [5.74, 6) is 0.445. The van der Waals surface area contributed by atoms with Gasteiger partial charge < -0.3 is 5.73 Å². The van der Waals surface area contributed by atoms with Crippen LogP contribution < -0.4 is 11.4 Å². The fourth-order valence-corrected chi connectivity index (χ4v) is 3.57. The third-order valence-corrected chi connectivity index (χ3v) is 5.40. The highest BCUT2D eigenvalue weighted by Crippen LogP contribution is 2.26. The molecule has 0 saturated carbocycles. The molecule has 170 valence electrons. The molecule has 0 fully saturated rings. The molecule has 3 aromatic heterocycles. The summed E-state index contributed by atoms with van der Waals surface area (Å²) in [6, 6.07) is 9.91. The van der Waals surface area contributed by atoms with Crippen molar-refractivity contribution in [2.45, 2.75) is 26.8 Å². The van der Waals surface area contributed by atoms with Crippen LogP contribution in [0.4, 0.5) is 8.78 Å². The molecule has 3 N–H and O–H groups in total. The summed E-state index contributed by atoms with van der Waals surface area (Å²) in [5.41, 5.74) is 9.17. The minimum atomic E-state index is -1.87. The third-order valence-electron chi connectivity index (χ3n) is 5.40. The minimum absolute atomic E-state index is 0.119. The molecule has 0 amide bonds. The van der Waals surface area contributed by atoms with Crippen molar-refractivity contribution in [3.8, 4) is 28.1 Å². The number of aromatic amines is 1. The Morgan fingerprint density at radius 1 is 1.09 bits per heavy atom. The van der Waals surface area contributed by atoms with Gasteiger partial charge in [-0.3, -0.25) is 4.68 Å². The summed E-state index contributed by atoms with van der Waals surface area (Å²) < 4.78 is 29.2. The number of hydrogen-bond acceptors (Lipinski definition) is 5. The molecule has 0 spiro atoms. The molecule has 0 radical (unpaired) electrons. The van der Waals surface area contributed by atoms with Crippen LogP contribution in [0.15, 0.2) is 65.4 Å². The second kappa shape index (κ2) is 9.29. The topological polar surface area (TPSA) is 107 Å². The van der Waals surface area contributed by atoms with E-state index < -0.39 is 11.8 Å². The highest BCUT2D eigenvalue weighted by atomic mass is 19.3. The first-order chi connectivity index (χ1) is 15.9. The Kier molecular flexibility index (Phi) is 6.27. The second-order valence-electron chi connectivity index (χ2n) is 7.55. The molecular formula is C23H23F2N7O. The van der Waals surface area contributed by atoms with Crippen LogP contribution in [-0.2, 0) is 13.0 Å². The molecule has 33 heavy (non-hydrogen) atoms. The Hall–Kier alpha value is -3.92. The van der Waals surface area contributed by atoms with Crippen molar-refractivity contribution in [1.82, 2.24) is 29.5 Å². The summed E-state index contributed by atoms with van der Waals surface area (Å²) in [6.07, 6.45) is 3.35. The summed E-state index contributed by atoms with van der Waals surface area (Å²) in [5, 5.41) is 10.5. The molecule has 1 aromatic carbocycles. The summed E-state index contributed by atoms with van der Waals surface area (Å²) in [4.78, 5) is 16.8. The number of nitrogens with zero attached hydrogens (tertiary/aromatic N) is 5. The first-order valence-corrected chi connectivity index (χ1v) is 10.4. The molecule has 0 bridgehead atoms. The van der Waals surface area contributed by atoms with Gasteiger partial charge in [-0.25, -0.2) is 19.4 Å². The number of halogens is 2. The van der Waals surface area contributed by atoms with Gasteiger partial charge in [-0.2, -0.15) is 19.0 Å². The van der Waals surface area contributed by atoms with Crippen molar-refractivity contribution in [1.29, 1.82) is 0 Å². The van der Waals surface area contributed by atoms with E-state index in [0.717, 1.165) is 28.8 Å². The van der Waals surface area contributed by atoms with Gasteiger partial charge in [0.25, 0.3) is 6.08 Å². The van der Waals surface area contributed by atoms with Gasteiger partial charge in [0.15, 0.2) is 0 Å². The Morgan fingerprint density at radius 3 is 2.36 bits per heavy atom. The number of aryl methyl sites for hydroxylation is 2.